The van der Waals surface area contributed by atoms with E-state index in [0.717, 1.165) is 18.9 Å². The predicted octanol–water partition coefficient (Wildman–Crippen LogP) is 5.51. The Hall–Kier alpha value is -2.82. The van der Waals surface area contributed by atoms with Gasteiger partial charge in [0.25, 0.3) is 0 Å². The van der Waals surface area contributed by atoms with E-state index in [9.17, 15) is 14.8 Å². The van der Waals surface area contributed by atoms with Crippen molar-refractivity contribution in [2.45, 2.75) is 25.8 Å². The Bertz CT molecular complexity index is 1180. The van der Waals surface area contributed by atoms with Crippen LogP contribution in [0.15, 0.2) is 36.4 Å². The number of benzene rings is 2. The topological polar surface area (TPSA) is 63.1 Å². The molecule has 0 unspecified atom stereocenters. The SMILES string of the molecule is N#Cc1ccccc1Oc1cc(-n2c(O)c3n(c2=S)CCCC3)c(F)cc1Cl. The van der Waals surface area contributed by atoms with E-state index in [1.165, 1.54) is 10.6 Å². The first-order chi connectivity index (χ1) is 13.5. The molecule has 0 saturated heterocycles. The molecule has 142 valence electrons. The van der Waals surface area contributed by atoms with Gasteiger partial charge in [0, 0.05) is 12.6 Å². The number of para-hydroxylation sites is 1. The van der Waals surface area contributed by atoms with Gasteiger partial charge in [-0.15, -0.1) is 0 Å². The minimum atomic E-state index is -0.639. The molecule has 4 rings (SSSR count). The highest BCUT2D eigenvalue weighted by atomic mass is 35.5. The Kier molecular flexibility index (Phi) is 4.84. The number of imidazole rings is 1. The zero-order chi connectivity index (χ0) is 19.8. The molecule has 1 aliphatic heterocycles. The van der Waals surface area contributed by atoms with Crippen molar-refractivity contribution in [1.82, 2.24) is 9.13 Å². The molecule has 0 amide bonds. The molecule has 2 heterocycles. The molecule has 0 radical (unpaired) electrons. The van der Waals surface area contributed by atoms with E-state index in [0.29, 0.717) is 34.7 Å². The van der Waals surface area contributed by atoms with Crippen LogP contribution in [0, 0.1) is 21.9 Å². The van der Waals surface area contributed by atoms with Crippen LogP contribution in [0.3, 0.4) is 0 Å². The first-order valence-corrected chi connectivity index (χ1v) is 9.49. The lowest BCUT2D eigenvalue weighted by atomic mass is 10.1. The van der Waals surface area contributed by atoms with Gasteiger partial charge in [0.05, 0.1) is 22.0 Å². The fourth-order valence-corrected chi connectivity index (χ4v) is 3.94. The Morgan fingerprint density at radius 3 is 2.75 bits per heavy atom. The monoisotopic (exact) mass is 415 g/mol. The average Bonchev–Trinajstić information content (AvgIpc) is 2.95. The van der Waals surface area contributed by atoms with Crippen LogP contribution >= 0.6 is 23.8 Å². The van der Waals surface area contributed by atoms with Crippen LogP contribution in [0.1, 0.15) is 24.1 Å². The largest absolute Gasteiger partial charge is 0.493 e. The van der Waals surface area contributed by atoms with Gasteiger partial charge in [-0.05, 0) is 49.7 Å². The summed E-state index contributed by atoms with van der Waals surface area (Å²) in [6.07, 6.45) is 2.57. The fraction of sp³-hybridized carbons (Fsp3) is 0.200. The van der Waals surface area contributed by atoms with Crippen molar-refractivity contribution in [3.8, 4) is 29.1 Å². The summed E-state index contributed by atoms with van der Waals surface area (Å²) in [5.41, 5.74) is 1.06. The highest BCUT2D eigenvalue weighted by Gasteiger charge is 2.23. The molecule has 1 aromatic heterocycles. The van der Waals surface area contributed by atoms with Gasteiger partial charge in [-0.3, -0.25) is 4.57 Å². The third-order valence-electron chi connectivity index (χ3n) is 4.73. The van der Waals surface area contributed by atoms with Gasteiger partial charge in [0.15, 0.2) is 4.77 Å². The van der Waals surface area contributed by atoms with E-state index in [4.69, 9.17) is 28.6 Å². The number of nitrogens with zero attached hydrogens (tertiary/aromatic N) is 3. The zero-order valence-corrected chi connectivity index (χ0v) is 16.2. The van der Waals surface area contributed by atoms with Crippen molar-refractivity contribution in [3.05, 3.63) is 63.3 Å². The third-order valence-corrected chi connectivity index (χ3v) is 5.43. The van der Waals surface area contributed by atoms with Crippen LogP contribution in [0.4, 0.5) is 4.39 Å². The summed E-state index contributed by atoms with van der Waals surface area (Å²) in [5, 5.41) is 19.9. The van der Waals surface area contributed by atoms with E-state index in [2.05, 4.69) is 0 Å². The number of aromatic hydroxyl groups is 1. The Balaban J connectivity index is 1.85. The summed E-state index contributed by atoms with van der Waals surface area (Å²) in [5.74, 6) is -0.255. The van der Waals surface area contributed by atoms with E-state index < -0.39 is 5.82 Å². The molecular formula is C20H15ClFN3O2S. The molecule has 2 aromatic carbocycles. The van der Waals surface area contributed by atoms with Crippen LogP contribution < -0.4 is 4.74 Å². The van der Waals surface area contributed by atoms with Gasteiger partial charge in [0.2, 0.25) is 5.88 Å². The van der Waals surface area contributed by atoms with E-state index in [1.807, 2.05) is 10.6 Å². The van der Waals surface area contributed by atoms with Gasteiger partial charge in [-0.1, -0.05) is 23.7 Å². The first-order valence-electron chi connectivity index (χ1n) is 8.71. The lowest BCUT2D eigenvalue weighted by Gasteiger charge is -2.13. The van der Waals surface area contributed by atoms with Crippen LogP contribution in [0.5, 0.6) is 17.4 Å². The molecule has 0 spiro atoms. The lowest BCUT2D eigenvalue weighted by Crippen LogP contribution is -2.09. The maximum Gasteiger partial charge on any atom is 0.218 e. The Labute approximate surface area is 170 Å². The number of rotatable bonds is 3. The molecule has 0 bridgehead atoms. The molecule has 28 heavy (non-hydrogen) atoms. The van der Waals surface area contributed by atoms with E-state index in [-0.39, 0.29) is 22.3 Å². The van der Waals surface area contributed by atoms with Crippen LogP contribution in [-0.4, -0.2) is 14.2 Å². The number of hydrogen-bond donors (Lipinski definition) is 1. The maximum atomic E-state index is 14.7. The number of halogens is 2. The van der Waals surface area contributed by atoms with E-state index in [1.54, 1.807) is 24.3 Å². The second-order valence-corrected chi connectivity index (χ2v) is 7.21. The average molecular weight is 416 g/mol. The number of hydrogen-bond acceptors (Lipinski definition) is 4. The molecule has 0 fully saturated rings. The standard InChI is InChI=1S/C20H15ClFN3O2S/c21-13-9-14(22)16(10-18(13)27-17-7-2-1-5-12(17)11-23)25-19(26)15-6-3-4-8-24(15)20(25)28/h1-2,5,7,9-10,26H,3-4,6,8H2. The summed E-state index contributed by atoms with van der Waals surface area (Å²) in [7, 11) is 0. The van der Waals surface area contributed by atoms with Crippen LogP contribution in [0.2, 0.25) is 5.02 Å². The maximum absolute atomic E-state index is 14.7. The lowest BCUT2D eigenvalue weighted by molar-refractivity contribution is 0.423. The van der Waals surface area contributed by atoms with E-state index >= 15 is 0 Å². The molecular weight excluding hydrogens is 401 g/mol. The molecule has 0 atom stereocenters. The molecule has 8 heteroatoms. The smallest absolute Gasteiger partial charge is 0.218 e. The minimum absolute atomic E-state index is 0.0400. The van der Waals surface area contributed by atoms with Gasteiger partial charge in [-0.25, -0.2) is 4.39 Å². The predicted molar refractivity (Wildman–Crippen MR) is 105 cm³/mol. The fourth-order valence-electron chi connectivity index (χ4n) is 3.37. The molecule has 1 N–H and O–H groups in total. The Morgan fingerprint density at radius 1 is 1.21 bits per heavy atom. The van der Waals surface area contributed by atoms with Crippen molar-refractivity contribution in [2.24, 2.45) is 0 Å². The molecule has 5 nitrogen and oxygen atoms in total. The van der Waals surface area contributed by atoms with Gasteiger partial charge in [0.1, 0.15) is 23.4 Å². The highest BCUT2D eigenvalue weighted by Crippen LogP contribution is 2.37. The molecule has 1 aliphatic rings. The number of nitriles is 1. The number of ether oxygens (including phenoxy) is 1. The van der Waals surface area contributed by atoms with Crippen molar-refractivity contribution in [2.75, 3.05) is 0 Å². The van der Waals surface area contributed by atoms with Gasteiger partial charge < -0.3 is 14.4 Å². The molecule has 0 saturated carbocycles. The highest BCUT2D eigenvalue weighted by molar-refractivity contribution is 7.71. The number of aromatic nitrogens is 2. The van der Waals surface area contributed by atoms with Crippen molar-refractivity contribution >= 4 is 23.8 Å². The van der Waals surface area contributed by atoms with Gasteiger partial charge in [-0.2, -0.15) is 5.26 Å². The number of fused-ring (bicyclic) bond motifs is 1. The zero-order valence-electron chi connectivity index (χ0n) is 14.7. The second kappa shape index (κ2) is 7.30. The van der Waals surface area contributed by atoms with Crippen LogP contribution in [-0.2, 0) is 13.0 Å². The van der Waals surface area contributed by atoms with Crippen molar-refractivity contribution in [3.63, 3.8) is 0 Å². The summed E-state index contributed by atoms with van der Waals surface area (Å²) in [6.45, 7) is 0.683. The van der Waals surface area contributed by atoms with Crippen molar-refractivity contribution < 1.29 is 14.2 Å². The second-order valence-electron chi connectivity index (χ2n) is 6.44. The summed E-state index contributed by atoms with van der Waals surface area (Å²) in [6, 6.07) is 11.2. The van der Waals surface area contributed by atoms with Crippen LogP contribution in [0.25, 0.3) is 5.69 Å². The quantitative estimate of drug-likeness (QED) is 0.573. The summed E-state index contributed by atoms with van der Waals surface area (Å²) < 4.78 is 24.0. The minimum Gasteiger partial charge on any atom is -0.493 e. The molecule has 0 aliphatic carbocycles. The normalized spacial score (nSPS) is 13.0. The Morgan fingerprint density at radius 2 is 2.00 bits per heavy atom. The van der Waals surface area contributed by atoms with Crippen molar-refractivity contribution in [1.29, 1.82) is 5.26 Å². The van der Waals surface area contributed by atoms with Gasteiger partial charge >= 0.3 is 0 Å². The molecule has 3 aromatic rings. The third kappa shape index (κ3) is 3.05. The first kappa shape index (κ1) is 18.5. The summed E-state index contributed by atoms with van der Waals surface area (Å²) >= 11 is 11.6. The summed E-state index contributed by atoms with van der Waals surface area (Å²) in [4.78, 5) is 0.